The van der Waals surface area contributed by atoms with E-state index in [1.165, 1.54) is 12.8 Å². The van der Waals surface area contributed by atoms with Crippen LogP contribution in [0.15, 0.2) is 0 Å². The van der Waals surface area contributed by atoms with Crippen molar-refractivity contribution in [1.29, 1.82) is 0 Å². The lowest BCUT2D eigenvalue weighted by Gasteiger charge is -2.36. The van der Waals surface area contributed by atoms with Gasteiger partial charge in [0.2, 0.25) is 0 Å². The predicted octanol–water partition coefficient (Wildman–Crippen LogP) is 3.17. The van der Waals surface area contributed by atoms with E-state index in [1.54, 1.807) is 0 Å². The molecular weight excluding hydrogens is 204 g/mol. The summed E-state index contributed by atoms with van der Waals surface area (Å²) in [6.45, 7) is 11.7. The lowest BCUT2D eigenvalue weighted by Crippen LogP contribution is -2.42. The molecule has 15 heavy (non-hydrogen) atoms. The Morgan fingerprint density at radius 3 is 2.27 bits per heavy atom. The first-order valence-electron chi connectivity index (χ1n) is 6.04. The quantitative estimate of drug-likeness (QED) is 0.735. The molecular formula is C12H26O2Si. The van der Waals surface area contributed by atoms with Crippen molar-refractivity contribution >= 4 is 8.32 Å². The summed E-state index contributed by atoms with van der Waals surface area (Å²) < 4.78 is 5.97. The molecule has 1 aliphatic carbocycles. The van der Waals surface area contributed by atoms with Crippen LogP contribution in [0.2, 0.25) is 18.1 Å². The second-order valence-corrected chi connectivity index (χ2v) is 11.2. The van der Waals surface area contributed by atoms with Crippen LogP contribution in [0.4, 0.5) is 0 Å². The van der Waals surface area contributed by atoms with E-state index in [0.717, 1.165) is 12.3 Å². The van der Waals surface area contributed by atoms with E-state index in [1.807, 2.05) is 0 Å². The fraction of sp³-hybridized carbons (Fsp3) is 1.00. The molecule has 0 aromatic heterocycles. The maximum Gasteiger partial charge on any atom is 0.192 e. The molecule has 0 aliphatic heterocycles. The first-order chi connectivity index (χ1) is 6.72. The topological polar surface area (TPSA) is 29.5 Å². The Morgan fingerprint density at radius 1 is 1.33 bits per heavy atom. The smallest absolute Gasteiger partial charge is 0.192 e. The highest BCUT2D eigenvalue weighted by atomic mass is 28.4. The Morgan fingerprint density at radius 2 is 1.87 bits per heavy atom. The molecule has 0 amide bonds. The second kappa shape index (κ2) is 4.56. The summed E-state index contributed by atoms with van der Waals surface area (Å²) in [6, 6.07) is 0. The summed E-state index contributed by atoms with van der Waals surface area (Å²) in [4.78, 5) is 0. The summed E-state index contributed by atoms with van der Waals surface area (Å²) in [6.07, 6.45) is 3.30. The van der Waals surface area contributed by atoms with Gasteiger partial charge in [0.05, 0.1) is 12.7 Å². The molecule has 0 heterocycles. The lowest BCUT2D eigenvalue weighted by molar-refractivity contribution is 0.0883. The van der Waals surface area contributed by atoms with Crippen LogP contribution in [-0.4, -0.2) is 26.1 Å². The number of aliphatic hydroxyl groups is 1. The molecule has 1 atom stereocenters. The van der Waals surface area contributed by atoms with Crippen LogP contribution in [0.3, 0.4) is 0 Å². The molecule has 1 N–H and O–H groups in total. The van der Waals surface area contributed by atoms with Gasteiger partial charge in [0, 0.05) is 0 Å². The summed E-state index contributed by atoms with van der Waals surface area (Å²) in [7, 11) is -1.66. The molecule has 1 aliphatic rings. The highest BCUT2D eigenvalue weighted by molar-refractivity contribution is 6.74. The monoisotopic (exact) mass is 230 g/mol. The van der Waals surface area contributed by atoms with Crippen molar-refractivity contribution in [3.05, 3.63) is 0 Å². The van der Waals surface area contributed by atoms with E-state index in [4.69, 9.17) is 4.43 Å². The van der Waals surface area contributed by atoms with Crippen LogP contribution in [0.5, 0.6) is 0 Å². The number of hydrogen-bond acceptors (Lipinski definition) is 2. The molecule has 0 unspecified atom stereocenters. The summed E-state index contributed by atoms with van der Waals surface area (Å²) in [5, 5.41) is 10.0. The normalized spacial score (nSPS) is 20.4. The number of rotatable bonds is 5. The molecule has 0 saturated heterocycles. The number of aliphatic hydroxyl groups excluding tert-OH is 1. The Kier molecular flexibility index (Phi) is 4.01. The Balaban J connectivity index is 2.27. The molecule has 0 spiro atoms. The van der Waals surface area contributed by atoms with Crippen molar-refractivity contribution in [2.24, 2.45) is 5.92 Å². The van der Waals surface area contributed by atoms with Gasteiger partial charge in [-0.1, -0.05) is 33.6 Å². The van der Waals surface area contributed by atoms with Gasteiger partial charge in [0.25, 0.3) is 0 Å². The zero-order valence-corrected chi connectivity index (χ0v) is 11.8. The average molecular weight is 230 g/mol. The molecule has 3 heteroatoms. The van der Waals surface area contributed by atoms with Crippen molar-refractivity contribution in [3.63, 3.8) is 0 Å². The van der Waals surface area contributed by atoms with Crippen LogP contribution < -0.4 is 0 Å². The first kappa shape index (κ1) is 13.2. The highest BCUT2D eigenvalue weighted by Gasteiger charge is 2.37. The van der Waals surface area contributed by atoms with Crippen molar-refractivity contribution < 1.29 is 9.53 Å². The molecule has 2 nitrogen and oxygen atoms in total. The minimum absolute atomic E-state index is 0.242. The standard InChI is InChI=1S/C12H26O2Si/c1-12(2,3)15(4,5)14-9-11(13)8-10-6-7-10/h10-11,13H,6-9H2,1-5H3/t11-/m1/s1. The van der Waals surface area contributed by atoms with Gasteiger partial charge in [-0.2, -0.15) is 0 Å². The fourth-order valence-corrected chi connectivity index (χ4v) is 2.37. The van der Waals surface area contributed by atoms with E-state index >= 15 is 0 Å². The van der Waals surface area contributed by atoms with Crippen molar-refractivity contribution in [3.8, 4) is 0 Å². The molecule has 0 bridgehead atoms. The third kappa shape index (κ3) is 4.25. The van der Waals surface area contributed by atoms with Crippen LogP contribution in [0.1, 0.15) is 40.0 Å². The van der Waals surface area contributed by atoms with Gasteiger partial charge in [-0.3, -0.25) is 0 Å². The van der Waals surface area contributed by atoms with Crippen molar-refractivity contribution in [2.75, 3.05) is 6.61 Å². The van der Waals surface area contributed by atoms with E-state index in [-0.39, 0.29) is 11.1 Å². The van der Waals surface area contributed by atoms with Crippen LogP contribution in [0.25, 0.3) is 0 Å². The summed E-state index contributed by atoms with van der Waals surface area (Å²) in [5.74, 6) is 0.781. The minimum Gasteiger partial charge on any atom is -0.414 e. The zero-order valence-electron chi connectivity index (χ0n) is 10.8. The molecule has 0 aromatic carbocycles. The Labute approximate surface area is 95.2 Å². The third-order valence-corrected chi connectivity index (χ3v) is 8.25. The van der Waals surface area contributed by atoms with Crippen molar-refractivity contribution in [1.82, 2.24) is 0 Å². The van der Waals surface area contributed by atoms with E-state index < -0.39 is 8.32 Å². The van der Waals surface area contributed by atoms with Gasteiger partial charge < -0.3 is 9.53 Å². The lowest BCUT2D eigenvalue weighted by atomic mass is 10.2. The van der Waals surface area contributed by atoms with Gasteiger partial charge >= 0.3 is 0 Å². The van der Waals surface area contributed by atoms with Crippen molar-refractivity contribution in [2.45, 2.75) is 64.3 Å². The maximum absolute atomic E-state index is 9.79. The zero-order chi connectivity index (χ0) is 11.7. The predicted molar refractivity (Wildman–Crippen MR) is 66.5 cm³/mol. The minimum atomic E-state index is -1.66. The van der Waals surface area contributed by atoms with Gasteiger partial charge in [-0.15, -0.1) is 0 Å². The fourth-order valence-electron chi connectivity index (χ4n) is 1.33. The van der Waals surface area contributed by atoms with E-state index in [0.29, 0.717) is 6.61 Å². The van der Waals surface area contributed by atoms with Crippen LogP contribution in [0, 0.1) is 5.92 Å². The Bertz CT molecular complexity index is 204. The van der Waals surface area contributed by atoms with Gasteiger partial charge in [-0.25, -0.2) is 0 Å². The third-order valence-electron chi connectivity index (χ3n) is 3.75. The molecule has 1 rings (SSSR count). The Hall–Kier alpha value is 0.137. The van der Waals surface area contributed by atoms with Gasteiger partial charge in [0.1, 0.15) is 0 Å². The number of hydrogen-bond donors (Lipinski definition) is 1. The second-order valence-electron chi connectivity index (χ2n) is 6.40. The molecule has 90 valence electrons. The highest BCUT2D eigenvalue weighted by Crippen LogP contribution is 2.37. The molecule has 1 fully saturated rings. The molecule has 1 saturated carbocycles. The van der Waals surface area contributed by atoms with E-state index in [9.17, 15) is 5.11 Å². The van der Waals surface area contributed by atoms with E-state index in [2.05, 4.69) is 33.9 Å². The van der Waals surface area contributed by atoms with Gasteiger partial charge in [0.15, 0.2) is 8.32 Å². The average Bonchev–Trinajstić information content (AvgIpc) is 2.83. The molecule has 0 radical (unpaired) electrons. The SMILES string of the molecule is CC(C)(C)[Si](C)(C)OC[C@H](O)CC1CC1. The van der Waals surface area contributed by atoms with Gasteiger partial charge in [-0.05, 0) is 30.5 Å². The maximum atomic E-state index is 9.79. The van der Waals surface area contributed by atoms with Crippen LogP contribution >= 0.6 is 0 Å². The largest absolute Gasteiger partial charge is 0.414 e. The molecule has 0 aromatic rings. The summed E-state index contributed by atoms with van der Waals surface area (Å²) >= 11 is 0. The van der Waals surface area contributed by atoms with Crippen LogP contribution in [-0.2, 0) is 4.43 Å². The summed E-state index contributed by atoms with van der Waals surface area (Å²) in [5.41, 5.74) is 0. The first-order valence-corrected chi connectivity index (χ1v) is 8.95.